The van der Waals surface area contributed by atoms with E-state index in [-0.39, 0.29) is 17.9 Å². The lowest BCUT2D eigenvalue weighted by Crippen LogP contribution is -2.44. The number of hydrogen-bond acceptors (Lipinski definition) is 4. The third-order valence-electron chi connectivity index (χ3n) is 5.39. The lowest BCUT2D eigenvalue weighted by molar-refractivity contribution is 0.0215. The molecule has 2 amide bonds. The van der Waals surface area contributed by atoms with E-state index in [1.54, 1.807) is 53.2 Å². The summed E-state index contributed by atoms with van der Waals surface area (Å²) in [6.45, 7) is 6.16. The number of benzene rings is 2. The van der Waals surface area contributed by atoms with E-state index in [0.717, 1.165) is 5.56 Å². The summed E-state index contributed by atoms with van der Waals surface area (Å²) in [6.07, 6.45) is -0.458. The molecule has 3 rings (SSSR count). The minimum Gasteiger partial charge on any atom is -0.444 e. The molecule has 0 N–H and O–H groups in total. The second-order valence-electron chi connectivity index (χ2n) is 8.84. The number of nitrogens with zero attached hydrogens (tertiary/aromatic N) is 3. The topological polar surface area (TPSA) is 73.6 Å². The van der Waals surface area contributed by atoms with Gasteiger partial charge in [0.25, 0.3) is 5.91 Å². The monoisotopic (exact) mass is 473 g/mol. The van der Waals surface area contributed by atoms with Crippen LogP contribution in [0.4, 0.5) is 4.79 Å². The Balaban J connectivity index is 1.90. The summed E-state index contributed by atoms with van der Waals surface area (Å²) >= 11 is 12.3. The van der Waals surface area contributed by atoms with Crippen LogP contribution in [0.25, 0.3) is 0 Å². The van der Waals surface area contributed by atoms with Crippen molar-refractivity contribution in [2.75, 3.05) is 20.1 Å². The van der Waals surface area contributed by atoms with Crippen molar-refractivity contribution in [2.24, 2.45) is 0 Å². The molecule has 1 aliphatic heterocycles. The molecule has 0 saturated carbocycles. The Hall–Kier alpha value is -2.75. The molecule has 1 aliphatic rings. The van der Waals surface area contributed by atoms with Gasteiger partial charge in [0.05, 0.1) is 27.7 Å². The molecule has 1 fully saturated rings. The molecule has 0 radical (unpaired) electrons. The summed E-state index contributed by atoms with van der Waals surface area (Å²) in [5, 5.41) is 9.85. The molecule has 1 saturated heterocycles. The minimum atomic E-state index is -0.638. The maximum absolute atomic E-state index is 13.2. The van der Waals surface area contributed by atoms with E-state index >= 15 is 0 Å². The smallest absolute Gasteiger partial charge is 0.410 e. The predicted octanol–water partition coefficient (Wildman–Crippen LogP) is 5.34. The molecule has 0 bridgehead atoms. The highest BCUT2D eigenvalue weighted by molar-refractivity contribution is 6.42. The predicted molar refractivity (Wildman–Crippen MR) is 124 cm³/mol. The van der Waals surface area contributed by atoms with Crippen LogP contribution in [-0.2, 0) is 4.74 Å². The van der Waals surface area contributed by atoms with Gasteiger partial charge in [-0.2, -0.15) is 5.26 Å². The van der Waals surface area contributed by atoms with Crippen LogP contribution in [0.15, 0.2) is 42.5 Å². The normalized spacial score (nSPS) is 18.2. The largest absolute Gasteiger partial charge is 0.444 e. The van der Waals surface area contributed by atoms with Gasteiger partial charge < -0.3 is 14.5 Å². The van der Waals surface area contributed by atoms with Crippen molar-refractivity contribution in [2.45, 2.75) is 38.3 Å². The molecule has 2 aromatic carbocycles. The summed E-state index contributed by atoms with van der Waals surface area (Å²) in [4.78, 5) is 29.2. The molecule has 2 unspecified atom stereocenters. The Bertz CT molecular complexity index is 1060. The molecule has 8 heteroatoms. The molecule has 0 aliphatic carbocycles. The first-order valence-electron chi connectivity index (χ1n) is 10.2. The van der Waals surface area contributed by atoms with Crippen molar-refractivity contribution in [1.82, 2.24) is 9.80 Å². The molecule has 32 heavy (non-hydrogen) atoms. The number of nitriles is 1. The van der Waals surface area contributed by atoms with Crippen LogP contribution in [0.5, 0.6) is 0 Å². The van der Waals surface area contributed by atoms with E-state index in [4.69, 9.17) is 33.2 Å². The minimum absolute atomic E-state index is 0.167. The number of likely N-dealkylation sites (N-methyl/N-ethyl adjacent to an activating group) is 1. The first-order chi connectivity index (χ1) is 15.0. The summed E-state index contributed by atoms with van der Waals surface area (Å²) in [6, 6.07) is 13.6. The number of ether oxygens (including phenoxy) is 1. The Morgan fingerprint density at radius 1 is 1.09 bits per heavy atom. The Labute approximate surface area is 198 Å². The summed E-state index contributed by atoms with van der Waals surface area (Å²) in [5.74, 6) is -0.343. The van der Waals surface area contributed by atoms with Crippen LogP contribution in [-0.4, -0.2) is 53.6 Å². The Morgan fingerprint density at radius 3 is 2.31 bits per heavy atom. The van der Waals surface area contributed by atoms with Gasteiger partial charge in [0, 0.05) is 31.6 Å². The van der Waals surface area contributed by atoms with Crippen molar-refractivity contribution < 1.29 is 14.3 Å². The van der Waals surface area contributed by atoms with Crippen LogP contribution in [0.3, 0.4) is 0 Å². The van der Waals surface area contributed by atoms with Gasteiger partial charge in [0.2, 0.25) is 0 Å². The van der Waals surface area contributed by atoms with Crippen LogP contribution in [0.1, 0.15) is 48.2 Å². The first-order valence-corrected chi connectivity index (χ1v) is 11.0. The van der Waals surface area contributed by atoms with Crippen molar-refractivity contribution >= 4 is 35.2 Å². The first kappa shape index (κ1) is 23.9. The molecule has 2 aromatic rings. The SMILES string of the molecule is CN(C(=O)OC(C)(C)C)C1CN(C(=O)c2ccc(C#N)cc2)CC1c1ccc(Cl)c(Cl)c1. The second kappa shape index (κ2) is 9.40. The number of halogens is 2. The number of likely N-dealkylation sites (tertiary alicyclic amines) is 1. The highest BCUT2D eigenvalue weighted by Crippen LogP contribution is 2.35. The summed E-state index contributed by atoms with van der Waals surface area (Å²) in [5.41, 5.74) is 1.22. The second-order valence-corrected chi connectivity index (χ2v) is 9.65. The van der Waals surface area contributed by atoms with Crippen LogP contribution < -0.4 is 0 Å². The maximum Gasteiger partial charge on any atom is 0.410 e. The highest BCUT2D eigenvalue weighted by atomic mass is 35.5. The van der Waals surface area contributed by atoms with Gasteiger partial charge in [-0.05, 0) is 62.7 Å². The zero-order valence-corrected chi connectivity index (χ0v) is 19.9. The number of rotatable bonds is 3. The lowest BCUT2D eigenvalue weighted by atomic mass is 9.93. The van der Waals surface area contributed by atoms with Gasteiger partial charge in [0.15, 0.2) is 0 Å². The third-order valence-corrected chi connectivity index (χ3v) is 6.13. The van der Waals surface area contributed by atoms with E-state index in [9.17, 15) is 9.59 Å². The van der Waals surface area contributed by atoms with E-state index in [1.807, 2.05) is 32.9 Å². The number of hydrogen-bond donors (Lipinski definition) is 0. The van der Waals surface area contributed by atoms with Crippen LogP contribution in [0.2, 0.25) is 10.0 Å². The number of carbonyl (C=O) groups excluding carboxylic acids is 2. The van der Waals surface area contributed by atoms with Crippen molar-refractivity contribution in [3.05, 3.63) is 69.2 Å². The van der Waals surface area contributed by atoms with E-state index in [0.29, 0.717) is 34.3 Å². The molecule has 2 atom stereocenters. The zero-order chi connectivity index (χ0) is 23.6. The molecule has 168 valence electrons. The number of amides is 2. The van der Waals surface area contributed by atoms with E-state index in [2.05, 4.69) is 0 Å². The molecule has 0 spiro atoms. The zero-order valence-electron chi connectivity index (χ0n) is 18.4. The lowest BCUT2D eigenvalue weighted by Gasteiger charge is -2.31. The fourth-order valence-corrected chi connectivity index (χ4v) is 4.06. The quantitative estimate of drug-likeness (QED) is 0.602. The van der Waals surface area contributed by atoms with E-state index in [1.165, 1.54) is 0 Å². The maximum atomic E-state index is 13.2. The third kappa shape index (κ3) is 5.35. The standard InChI is InChI=1S/C24H25Cl2N3O3/c1-24(2,3)32-23(31)28(4)21-14-29(22(30)16-7-5-15(12-27)6-8-16)13-18(21)17-9-10-19(25)20(26)11-17/h5-11,18,21H,13-14H2,1-4H3. The fraction of sp³-hybridized carbons (Fsp3) is 0.375. The molecule has 1 heterocycles. The van der Waals surface area contributed by atoms with Gasteiger partial charge in [-0.1, -0.05) is 29.3 Å². The van der Waals surface area contributed by atoms with Gasteiger partial charge in [0.1, 0.15) is 5.60 Å². The summed E-state index contributed by atoms with van der Waals surface area (Å²) < 4.78 is 5.55. The summed E-state index contributed by atoms with van der Waals surface area (Å²) in [7, 11) is 1.68. The van der Waals surface area contributed by atoms with Crippen molar-refractivity contribution in [3.8, 4) is 6.07 Å². The Kier molecular flexibility index (Phi) is 7.02. The fourth-order valence-electron chi connectivity index (χ4n) is 3.75. The molecule has 0 aromatic heterocycles. The number of carbonyl (C=O) groups is 2. The average Bonchev–Trinajstić information content (AvgIpc) is 3.18. The van der Waals surface area contributed by atoms with Crippen LogP contribution in [0, 0.1) is 11.3 Å². The Morgan fingerprint density at radius 2 is 1.75 bits per heavy atom. The molecular formula is C24H25Cl2N3O3. The van der Waals surface area contributed by atoms with Crippen LogP contribution >= 0.6 is 23.2 Å². The van der Waals surface area contributed by atoms with Gasteiger partial charge >= 0.3 is 6.09 Å². The highest BCUT2D eigenvalue weighted by Gasteiger charge is 2.41. The van der Waals surface area contributed by atoms with E-state index < -0.39 is 11.7 Å². The molecular weight excluding hydrogens is 449 g/mol. The van der Waals surface area contributed by atoms with Gasteiger partial charge in [-0.3, -0.25) is 4.79 Å². The molecule has 6 nitrogen and oxygen atoms in total. The average molecular weight is 474 g/mol. The van der Waals surface area contributed by atoms with Crippen molar-refractivity contribution in [3.63, 3.8) is 0 Å². The van der Waals surface area contributed by atoms with Gasteiger partial charge in [-0.15, -0.1) is 0 Å². The van der Waals surface area contributed by atoms with Gasteiger partial charge in [-0.25, -0.2) is 4.79 Å². The van der Waals surface area contributed by atoms with Crippen molar-refractivity contribution in [1.29, 1.82) is 5.26 Å².